The lowest BCUT2D eigenvalue weighted by atomic mass is 10.3. The molecule has 3 aromatic rings. The highest BCUT2D eigenvalue weighted by atomic mass is 32.1. The maximum Gasteiger partial charge on any atom is 0.300 e. The van der Waals surface area contributed by atoms with Gasteiger partial charge in [0.1, 0.15) is 6.10 Å². The van der Waals surface area contributed by atoms with Crippen molar-refractivity contribution in [2.75, 3.05) is 0 Å². The smallest absolute Gasteiger partial charge is 0.300 e. The summed E-state index contributed by atoms with van der Waals surface area (Å²) in [5, 5.41) is 23.9. The molecule has 3 rings (SSSR count). The maximum absolute atomic E-state index is 12.3. The highest BCUT2D eigenvalue weighted by Crippen LogP contribution is 2.20. The molecule has 0 aromatic carbocycles. The molecular weight excluding hydrogens is 302 g/mol. The number of aromatic nitrogens is 5. The van der Waals surface area contributed by atoms with Crippen LogP contribution in [0.5, 0.6) is 0 Å². The predicted octanol–water partition coefficient (Wildman–Crippen LogP) is 1.58. The Morgan fingerprint density at radius 3 is 2.91 bits per heavy atom. The number of aryl methyl sites for hydroxylation is 2. The summed E-state index contributed by atoms with van der Waals surface area (Å²) >= 11 is 1.47. The van der Waals surface area contributed by atoms with Crippen LogP contribution in [0.1, 0.15) is 32.9 Å². The lowest BCUT2D eigenvalue weighted by Crippen LogP contribution is -2.15. The Morgan fingerprint density at radius 1 is 1.45 bits per heavy atom. The fraction of sp³-hybridized carbons (Fsp3) is 0.286. The second-order valence-electron chi connectivity index (χ2n) is 5.00. The third-order valence-corrected chi connectivity index (χ3v) is 4.16. The number of hydrogen-bond acceptors (Lipinski definition) is 6. The Bertz CT molecular complexity index is 790. The van der Waals surface area contributed by atoms with Crippen molar-refractivity contribution in [1.29, 1.82) is 0 Å². The summed E-state index contributed by atoms with van der Waals surface area (Å²) in [6, 6.07) is 5.55. The van der Waals surface area contributed by atoms with Crippen molar-refractivity contribution in [2.45, 2.75) is 26.5 Å². The van der Waals surface area contributed by atoms with Gasteiger partial charge in [-0.15, -0.1) is 16.4 Å². The first-order valence-corrected chi connectivity index (χ1v) is 7.62. The first kappa shape index (κ1) is 14.6. The summed E-state index contributed by atoms with van der Waals surface area (Å²) in [6.07, 6.45) is 0.855. The van der Waals surface area contributed by atoms with E-state index in [9.17, 15) is 9.90 Å². The van der Waals surface area contributed by atoms with Crippen molar-refractivity contribution in [1.82, 2.24) is 24.8 Å². The number of hydrogen-bond donors (Lipinski definition) is 1. The molecule has 1 N–H and O–H groups in total. The van der Waals surface area contributed by atoms with Gasteiger partial charge in [0.15, 0.2) is 5.69 Å². The second kappa shape index (κ2) is 5.82. The zero-order valence-corrected chi connectivity index (χ0v) is 13.0. The molecule has 0 aliphatic heterocycles. The van der Waals surface area contributed by atoms with Crippen LogP contribution >= 0.6 is 11.3 Å². The Kier molecular flexibility index (Phi) is 3.86. The van der Waals surface area contributed by atoms with E-state index in [0.717, 1.165) is 16.3 Å². The van der Waals surface area contributed by atoms with Gasteiger partial charge in [0.05, 0.1) is 18.4 Å². The summed E-state index contributed by atoms with van der Waals surface area (Å²) in [5.41, 5.74) is 1.71. The SMILES string of the molecule is Cc1cc(C)n(C(=O)c2cn(C[C@H](O)c3cccs3)nn2)n1. The zero-order chi connectivity index (χ0) is 15.7. The molecule has 0 bridgehead atoms. The second-order valence-corrected chi connectivity index (χ2v) is 5.98. The van der Waals surface area contributed by atoms with Crippen molar-refractivity contribution in [3.63, 3.8) is 0 Å². The number of aliphatic hydroxyl groups excluding tert-OH is 1. The van der Waals surface area contributed by atoms with E-state index in [1.165, 1.54) is 26.9 Å². The zero-order valence-electron chi connectivity index (χ0n) is 12.2. The minimum atomic E-state index is -0.668. The molecule has 0 saturated heterocycles. The van der Waals surface area contributed by atoms with Gasteiger partial charge >= 0.3 is 5.91 Å². The highest BCUT2D eigenvalue weighted by molar-refractivity contribution is 7.10. The third-order valence-electron chi connectivity index (χ3n) is 3.19. The number of nitrogens with zero attached hydrogens (tertiary/aromatic N) is 5. The molecule has 7 nitrogen and oxygen atoms in total. The van der Waals surface area contributed by atoms with Gasteiger partial charge in [-0.05, 0) is 31.4 Å². The van der Waals surface area contributed by atoms with Gasteiger partial charge in [0, 0.05) is 10.6 Å². The molecule has 0 spiro atoms. The molecule has 22 heavy (non-hydrogen) atoms. The summed E-state index contributed by atoms with van der Waals surface area (Å²) in [7, 11) is 0. The van der Waals surface area contributed by atoms with Crippen molar-refractivity contribution in [3.8, 4) is 0 Å². The molecule has 1 atom stereocenters. The standard InChI is InChI=1S/C14H15N5O2S/c1-9-6-10(2)19(16-9)14(21)11-7-18(17-15-11)8-12(20)13-4-3-5-22-13/h3-7,12,20H,8H2,1-2H3/t12-/m0/s1. The fourth-order valence-corrected chi connectivity index (χ4v) is 2.88. The monoisotopic (exact) mass is 317 g/mol. The van der Waals surface area contributed by atoms with Crippen molar-refractivity contribution in [3.05, 3.63) is 51.7 Å². The molecule has 3 heterocycles. The van der Waals surface area contributed by atoms with E-state index in [1.54, 1.807) is 0 Å². The Labute approximate surface area is 130 Å². The number of carbonyl (C=O) groups excluding carboxylic acids is 1. The maximum atomic E-state index is 12.3. The van der Waals surface area contributed by atoms with Gasteiger partial charge < -0.3 is 5.11 Å². The Morgan fingerprint density at radius 2 is 2.27 bits per heavy atom. The van der Waals surface area contributed by atoms with Crippen molar-refractivity contribution >= 4 is 17.2 Å². The minimum Gasteiger partial charge on any atom is -0.386 e. The number of aliphatic hydroxyl groups is 1. The lowest BCUT2D eigenvalue weighted by molar-refractivity contribution is 0.0937. The normalized spacial score (nSPS) is 12.5. The molecule has 8 heteroatoms. The van der Waals surface area contributed by atoms with Gasteiger partial charge in [-0.1, -0.05) is 11.3 Å². The Hall–Kier alpha value is -2.32. The number of carbonyl (C=O) groups is 1. The molecule has 0 saturated carbocycles. The first-order chi connectivity index (χ1) is 10.5. The van der Waals surface area contributed by atoms with Crippen LogP contribution in [0.25, 0.3) is 0 Å². The molecular formula is C14H15N5O2S. The molecule has 0 fully saturated rings. The largest absolute Gasteiger partial charge is 0.386 e. The van der Waals surface area contributed by atoms with E-state index in [1.807, 2.05) is 37.4 Å². The summed E-state index contributed by atoms with van der Waals surface area (Å²) in [5.74, 6) is -0.331. The summed E-state index contributed by atoms with van der Waals surface area (Å²) < 4.78 is 2.77. The van der Waals surface area contributed by atoms with Gasteiger partial charge in [-0.25, -0.2) is 4.68 Å². The van der Waals surface area contributed by atoms with Gasteiger partial charge in [-0.3, -0.25) is 4.79 Å². The molecule has 3 aromatic heterocycles. The number of thiophene rings is 1. The third kappa shape index (κ3) is 2.83. The first-order valence-electron chi connectivity index (χ1n) is 6.74. The van der Waals surface area contributed by atoms with Crippen LogP contribution in [0.3, 0.4) is 0 Å². The van der Waals surface area contributed by atoms with Gasteiger partial charge in [0.25, 0.3) is 0 Å². The van der Waals surface area contributed by atoms with E-state index in [0.29, 0.717) is 0 Å². The van der Waals surface area contributed by atoms with Crippen LogP contribution < -0.4 is 0 Å². The number of rotatable bonds is 4. The van der Waals surface area contributed by atoms with Gasteiger partial charge in [0.2, 0.25) is 0 Å². The predicted molar refractivity (Wildman–Crippen MR) is 80.7 cm³/mol. The van der Waals surface area contributed by atoms with Crippen LogP contribution in [0.15, 0.2) is 29.8 Å². The fourth-order valence-electron chi connectivity index (χ4n) is 2.18. The van der Waals surface area contributed by atoms with E-state index in [4.69, 9.17) is 0 Å². The van der Waals surface area contributed by atoms with Crippen molar-refractivity contribution < 1.29 is 9.90 Å². The minimum absolute atomic E-state index is 0.199. The summed E-state index contributed by atoms with van der Waals surface area (Å²) in [6.45, 7) is 3.88. The van der Waals surface area contributed by atoms with Crippen molar-refractivity contribution in [2.24, 2.45) is 0 Å². The van der Waals surface area contributed by atoms with Crippen LogP contribution in [0, 0.1) is 13.8 Å². The highest BCUT2D eigenvalue weighted by Gasteiger charge is 2.18. The Balaban J connectivity index is 1.76. The average Bonchev–Trinajstić information content (AvgIpc) is 3.19. The quantitative estimate of drug-likeness (QED) is 0.789. The topological polar surface area (TPSA) is 85.8 Å². The van der Waals surface area contributed by atoms with Gasteiger partial charge in [-0.2, -0.15) is 9.78 Å². The molecule has 0 aliphatic carbocycles. The summed E-state index contributed by atoms with van der Waals surface area (Å²) in [4.78, 5) is 13.2. The van der Waals surface area contributed by atoms with E-state index in [2.05, 4.69) is 15.4 Å². The van der Waals surface area contributed by atoms with Crippen LogP contribution in [0.4, 0.5) is 0 Å². The molecule has 114 valence electrons. The van der Waals surface area contributed by atoms with Crippen LogP contribution in [-0.4, -0.2) is 35.8 Å². The molecule has 0 unspecified atom stereocenters. The molecule has 0 radical (unpaired) electrons. The van der Waals surface area contributed by atoms with E-state index in [-0.39, 0.29) is 18.1 Å². The van der Waals surface area contributed by atoms with E-state index < -0.39 is 6.10 Å². The van der Waals surface area contributed by atoms with Crippen LogP contribution in [0.2, 0.25) is 0 Å². The molecule has 0 amide bonds. The van der Waals surface area contributed by atoms with Crippen LogP contribution in [-0.2, 0) is 6.54 Å². The molecule has 0 aliphatic rings. The lowest BCUT2D eigenvalue weighted by Gasteiger charge is -2.07. The average molecular weight is 317 g/mol. The van der Waals surface area contributed by atoms with E-state index >= 15 is 0 Å².